The van der Waals surface area contributed by atoms with Crippen molar-refractivity contribution in [2.75, 3.05) is 18.4 Å². The van der Waals surface area contributed by atoms with Crippen molar-refractivity contribution in [3.63, 3.8) is 0 Å². The molecule has 2 rings (SSSR count). The van der Waals surface area contributed by atoms with Crippen molar-refractivity contribution in [2.45, 2.75) is 13.3 Å². The molecular weight excluding hydrogens is 248 g/mol. The Hall–Kier alpha value is -1.66. The maximum atomic E-state index is 5.41. The van der Waals surface area contributed by atoms with Crippen molar-refractivity contribution in [3.8, 4) is 0 Å². The summed E-state index contributed by atoms with van der Waals surface area (Å²) in [6.45, 7) is 3.27. The van der Waals surface area contributed by atoms with Gasteiger partial charge >= 0.3 is 0 Å². The summed E-state index contributed by atoms with van der Waals surface area (Å²) in [6, 6.07) is 3.83. The van der Waals surface area contributed by atoms with Gasteiger partial charge in [-0.15, -0.1) is 0 Å². The van der Waals surface area contributed by atoms with E-state index in [2.05, 4.69) is 22.5 Å². The molecule has 0 radical (unpaired) electrons. The Bertz CT molecular complexity index is 552. The number of nitrogens with two attached hydrogens (primary N) is 1. The molecule has 4 N–H and O–H groups in total. The molecule has 0 amide bonds. The molecule has 5 nitrogen and oxygen atoms in total. The van der Waals surface area contributed by atoms with Crippen molar-refractivity contribution in [1.29, 1.82) is 0 Å². The van der Waals surface area contributed by atoms with Crippen LogP contribution in [0, 0.1) is 0 Å². The van der Waals surface area contributed by atoms with Crippen molar-refractivity contribution < 1.29 is 4.42 Å². The molecule has 0 atom stereocenters. The van der Waals surface area contributed by atoms with Gasteiger partial charge in [-0.3, -0.25) is 0 Å². The first kappa shape index (κ1) is 12.8. The lowest BCUT2D eigenvalue weighted by atomic mass is 10.1. The first-order valence-corrected chi connectivity index (χ1v) is 6.27. The number of aromatic nitrogens is 1. The van der Waals surface area contributed by atoms with E-state index in [4.69, 9.17) is 22.4 Å². The summed E-state index contributed by atoms with van der Waals surface area (Å²) in [5.74, 6) is 0. The SMILES string of the molecule is CCc1c(NC(=S)NCCN)ccc2ocnc12. The minimum absolute atomic E-state index is 0.546. The molecule has 0 bridgehead atoms. The van der Waals surface area contributed by atoms with Crippen LogP contribution in [0.4, 0.5) is 5.69 Å². The van der Waals surface area contributed by atoms with Crippen molar-refractivity contribution in [1.82, 2.24) is 10.3 Å². The van der Waals surface area contributed by atoms with E-state index >= 15 is 0 Å². The number of rotatable bonds is 4. The number of aryl methyl sites for hydroxylation is 1. The van der Waals surface area contributed by atoms with Crippen LogP contribution in [0.15, 0.2) is 22.9 Å². The second kappa shape index (κ2) is 5.79. The number of benzene rings is 1. The van der Waals surface area contributed by atoms with E-state index in [9.17, 15) is 0 Å². The van der Waals surface area contributed by atoms with Crippen LogP contribution in [0.25, 0.3) is 11.1 Å². The van der Waals surface area contributed by atoms with Gasteiger partial charge in [0, 0.05) is 24.3 Å². The van der Waals surface area contributed by atoms with Crippen LogP contribution in [0.3, 0.4) is 0 Å². The topological polar surface area (TPSA) is 76.1 Å². The van der Waals surface area contributed by atoms with Gasteiger partial charge in [-0.25, -0.2) is 4.98 Å². The lowest BCUT2D eigenvalue weighted by molar-refractivity contribution is 0.602. The average molecular weight is 264 g/mol. The number of fused-ring (bicyclic) bond motifs is 1. The molecule has 1 heterocycles. The molecular formula is C12H16N4OS. The van der Waals surface area contributed by atoms with E-state index < -0.39 is 0 Å². The standard InChI is InChI=1S/C12H16N4OS/c1-2-8-9(16-12(18)14-6-5-13)3-4-10-11(8)15-7-17-10/h3-4,7H,2,5-6,13H2,1H3,(H2,14,16,18). The third-order valence-corrected chi connectivity index (χ3v) is 2.89. The molecule has 0 aliphatic carbocycles. The number of anilines is 1. The van der Waals surface area contributed by atoms with Gasteiger partial charge in [0.25, 0.3) is 0 Å². The maximum absolute atomic E-state index is 5.41. The fourth-order valence-electron chi connectivity index (χ4n) is 1.81. The fraction of sp³-hybridized carbons (Fsp3) is 0.333. The summed E-state index contributed by atoms with van der Waals surface area (Å²) in [7, 11) is 0. The van der Waals surface area contributed by atoms with E-state index in [-0.39, 0.29) is 0 Å². The summed E-state index contributed by atoms with van der Waals surface area (Å²) < 4.78 is 5.28. The van der Waals surface area contributed by atoms with Crippen molar-refractivity contribution >= 4 is 34.1 Å². The Morgan fingerprint density at radius 2 is 2.33 bits per heavy atom. The molecule has 1 aromatic heterocycles. The summed E-state index contributed by atoms with van der Waals surface area (Å²) >= 11 is 5.19. The molecule has 18 heavy (non-hydrogen) atoms. The highest BCUT2D eigenvalue weighted by Gasteiger charge is 2.10. The average Bonchev–Trinajstić information content (AvgIpc) is 2.84. The number of nitrogens with zero attached hydrogens (tertiary/aromatic N) is 1. The second-order valence-electron chi connectivity index (χ2n) is 3.81. The molecule has 0 saturated heterocycles. The first-order chi connectivity index (χ1) is 8.76. The van der Waals surface area contributed by atoms with Crippen LogP contribution in [0.5, 0.6) is 0 Å². The van der Waals surface area contributed by atoms with E-state index in [1.54, 1.807) is 0 Å². The van der Waals surface area contributed by atoms with E-state index in [1.165, 1.54) is 6.39 Å². The third kappa shape index (κ3) is 2.60. The highest BCUT2D eigenvalue weighted by molar-refractivity contribution is 7.80. The number of oxazole rings is 1. The maximum Gasteiger partial charge on any atom is 0.181 e. The molecule has 0 unspecified atom stereocenters. The zero-order valence-corrected chi connectivity index (χ0v) is 11.0. The van der Waals surface area contributed by atoms with Crippen LogP contribution in [-0.4, -0.2) is 23.2 Å². The van der Waals surface area contributed by atoms with Crippen LogP contribution >= 0.6 is 12.2 Å². The zero-order chi connectivity index (χ0) is 13.0. The quantitative estimate of drug-likeness (QED) is 0.729. The van der Waals surface area contributed by atoms with Gasteiger partial charge in [0.05, 0.1) is 0 Å². The minimum atomic E-state index is 0.546. The Kier molecular flexibility index (Phi) is 4.11. The number of hydrogen-bond acceptors (Lipinski definition) is 4. The van der Waals surface area contributed by atoms with Crippen molar-refractivity contribution in [2.24, 2.45) is 5.73 Å². The van der Waals surface area contributed by atoms with E-state index in [0.717, 1.165) is 28.8 Å². The van der Waals surface area contributed by atoms with Crippen LogP contribution in [0.2, 0.25) is 0 Å². The Labute approximate surface area is 111 Å². The first-order valence-electron chi connectivity index (χ1n) is 5.86. The van der Waals surface area contributed by atoms with Gasteiger partial charge in [-0.05, 0) is 30.8 Å². The lowest BCUT2D eigenvalue weighted by Crippen LogP contribution is -2.32. The molecule has 6 heteroatoms. The second-order valence-corrected chi connectivity index (χ2v) is 4.22. The van der Waals surface area contributed by atoms with Crippen LogP contribution in [0.1, 0.15) is 12.5 Å². The predicted octanol–water partition coefficient (Wildman–Crippen LogP) is 1.64. The Morgan fingerprint density at radius 3 is 3.06 bits per heavy atom. The molecule has 2 aromatic rings. The van der Waals surface area contributed by atoms with Gasteiger partial charge < -0.3 is 20.8 Å². The third-order valence-electron chi connectivity index (χ3n) is 2.64. The summed E-state index contributed by atoms with van der Waals surface area (Å²) in [6.07, 6.45) is 2.31. The predicted molar refractivity (Wildman–Crippen MR) is 76.7 cm³/mol. The smallest absolute Gasteiger partial charge is 0.181 e. The molecule has 0 fully saturated rings. The minimum Gasteiger partial charge on any atom is -0.443 e. The highest BCUT2D eigenvalue weighted by Crippen LogP contribution is 2.25. The fourth-order valence-corrected chi connectivity index (χ4v) is 2.03. The highest BCUT2D eigenvalue weighted by atomic mass is 32.1. The van der Waals surface area contributed by atoms with Gasteiger partial charge in [0.2, 0.25) is 0 Å². The molecule has 0 aliphatic heterocycles. The van der Waals surface area contributed by atoms with E-state index in [0.29, 0.717) is 18.2 Å². The van der Waals surface area contributed by atoms with Crippen LogP contribution in [-0.2, 0) is 6.42 Å². The molecule has 0 aliphatic rings. The summed E-state index contributed by atoms with van der Waals surface area (Å²) in [4.78, 5) is 4.23. The molecule has 96 valence electrons. The zero-order valence-electron chi connectivity index (χ0n) is 10.2. The number of hydrogen-bond donors (Lipinski definition) is 3. The van der Waals surface area contributed by atoms with E-state index in [1.807, 2.05) is 12.1 Å². The molecule has 0 saturated carbocycles. The van der Waals surface area contributed by atoms with Gasteiger partial charge in [-0.1, -0.05) is 6.92 Å². The molecule has 1 aromatic carbocycles. The van der Waals surface area contributed by atoms with Crippen LogP contribution < -0.4 is 16.4 Å². The summed E-state index contributed by atoms with van der Waals surface area (Å²) in [5, 5.41) is 6.75. The van der Waals surface area contributed by atoms with Gasteiger partial charge in [0.1, 0.15) is 5.52 Å². The lowest BCUT2D eigenvalue weighted by Gasteiger charge is -2.13. The largest absolute Gasteiger partial charge is 0.443 e. The van der Waals surface area contributed by atoms with Gasteiger partial charge in [-0.2, -0.15) is 0 Å². The number of thiocarbonyl (C=S) groups is 1. The van der Waals surface area contributed by atoms with Gasteiger partial charge in [0.15, 0.2) is 17.1 Å². The Balaban J connectivity index is 2.24. The normalized spacial score (nSPS) is 10.6. The Morgan fingerprint density at radius 1 is 1.50 bits per heavy atom. The molecule has 0 spiro atoms. The monoisotopic (exact) mass is 264 g/mol. The number of nitrogens with one attached hydrogen (secondary N) is 2. The van der Waals surface area contributed by atoms with Crippen molar-refractivity contribution in [3.05, 3.63) is 24.1 Å². The summed E-state index contributed by atoms with van der Waals surface area (Å²) in [5.41, 5.74) is 9.13.